The van der Waals surface area contributed by atoms with Gasteiger partial charge in [-0.3, -0.25) is 14.9 Å². The van der Waals surface area contributed by atoms with E-state index in [-0.39, 0.29) is 17.8 Å². The maximum Gasteiger partial charge on any atom is 0.258 e. The van der Waals surface area contributed by atoms with Gasteiger partial charge in [0.25, 0.3) is 5.91 Å². The Morgan fingerprint density at radius 2 is 1.92 bits per heavy atom. The molecule has 0 radical (unpaired) electrons. The molecule has 1 aliphatic rings. The maximum atomic E-state index is 12.7. The Morgan fingerprint density at radius 3 is 2.77 bits per heavy atom. The van der Waals surface area contributed by atoms with Crippen molar-refractivity contribution in [3.8, 4) is 0 Å². The van der Waals surface area contributed by atoms with E-state index < -0.39 is 0 Å². The highest BCUT2D eigenvalue weighted by atomic mass is 16.2. The van der Waals surface area contributed by atoms with Gasteiger partial charge in [-0.2, -0.15) is 0 Å². The number of fused-ring (bicyclic) bond motifs is 2. The van der Waals surface area contributed by atoms with E-state index in [1.165, 1.54) is 0 Å². The number of rotatable bonds is 2. The highest BCUT2D eigenvalue weighted by Crippen LogP contribution is 2.21. The zero-order valence-corrected chi connectivity index (χ0v) is 14.4. The molecule has 0 aliphatic carbocycles. The standard InChI is InChI=1S/C20H18N4O2/c1-13(25)24-10-9-18-15(12-24)11-21-20(22-18)23-19(26)17-8-4-6-14-5-2-3-7-16(14)17/h2-8,11H,9-10,12H2,1H3,(H,21,22,23,26). The van der Waals surface area contributed by atoms with E-state index in [9.17, 15) is 9.59 Å². The van der Waals surface area contributed by atoms with Crippen molar-refractivity contribution in [2.45, 2.75) is 19.9 Å². The molecule has 0 saturated heterocycles. The molecule has 0 unspecified atom stereocenters. The fourth-order valence-electron chi connectivity index (χ4n) is 3.24. The summed E-state index contributed by atoms with van der Waals surface area (Å²) in [5.41, 5.74) is 2.40. The second kappa shape index (κ2) is 6.55. The predicted octanol–water partition coefficient (Wildman–Crippen LogP) is 2.79. The maximum absolute atomic E-state index is 12.7. The van der Waals surface area contributed by atoms with Gasteiger partial charge < -0.3 is 4.90 Å². The Balaban J connectivity index is 1.58. The number of anilines is 1. The Bertz CT molecular complexity index is 1010. The van der Waals surface area contributed by atoms with Crippen LogP contribution >= 0.6 is 0 Å². The third-order valence-electron chi connectivity index (χ3n) is 4.64. The van der Waals surface area contributed by atoms with Gasteiger partial charge in [-0.05, 0) is 16.8 Å². The zero-order valence-electron chi connectivity index (χ0n) is 14.4. The third kappa shape index (κ3) is 3.01. The quantitative estimate of drug-likeness (QED) is 0.774. The first-order chi connectivity index (χ1) is 12.6. The number of carbonyl (C=O) groups is 2. The molecule has 2 aromatic carbocycles. The number of aromatic nitrogens is 2. The summed E-state index contributed by atoms with van der Waals surface area (Å²) in [6.45, 7) is 2.71. The molecule has 2 amide bonds. The second-order valence-corrected chi connectivity index (χ2v) is 6.34. The average Bonchev–Trinajstić information content (AvgIpc) is 2.67. The molecule has 6 nitrogen and oxygen atoms in total. The van der Waals surface area contributed by atoms with Gasteiger partial charge in [0.15, 0.2) is 0 Å². The average molecular weight is 346 g/mol. The molecule has 0 fully saturated rings. The lowest BCUT2D eigenvalue weighted by molar-refractivity contribution is -0.129. The summed E-state index contributed by atoms with van der Waals surface area (Å²) in [5.74, 6) is 0.102. The summed E-state index contributed by atoms with van der Waals surface area (Å²) >= 11 is 0. The number of carbonyl (C=O) groups excluding carboxylic acids is 2. The predicted molar refractivity (Wildman–Crippen MR) is 98.7 cm³/mol. The highest BCUT2D eigenvalue weighted by molar-refractivity contribution is 6.12. The van der Waals surface area contributed by atoms with E-state index in [4.69, 9.17) is 0 Å². The van der Waals surface area contributed by atoms with Gasteiger partial charge in [0.05, 0.1) is 5.69 Å². The van der Waals surface area contributed by atoms with Crippen LogP contribution in [0.5, 0.6) is 0 Å². The molecular formula is C20H18N4O2. The van der Waals surface area contributed by atoms with Crippen LogP contribution in [0.2, 0.25) is 0 Å². The first kappa shape index (κ1) is 16.2. The fourth-order valence-corrected chi connectivity index (χ4v) is 3.24. The van der Waals surface area contributed by atoms with Gasteiger partial charge in [-0.15, -0.1) is 0 Å². The second-order valence-electron chi connectivity index (χ2n) is 6.34. The Morgan fingerprint density at radius 1 is 1.12 bits per heavy atom. The van der Waals surface area contributed by atoms with E-state index >= 15 is 0 Å². The normalized spacial score (nSPS) is 13.3. The van der Waals surface area contributed by atoms with Crippen LogP contribution in [0.1, 0.15) is 28.5 Å². The van der Waals surface area contributed by atoms with Crippen molar-refractivity contribution in [1.29, 1.82) is 0 Å². The summed E-state index contributed by atoms with van der Waals surface area (Å²) in [5, 5.41) is 4.69. The largest absolute Gasteiger partial charge is 0.338 e. The summed E-state index contributed by atoms with van der Waals surface area (Å²) in [6, 6.07) is 13.4. The molecule has 1 N–H and O–H groups in total. The molecule has 0 saturated carbocycles. The lowest BCUT2D eigenvalue weighted by atomic mass is 10.0. The smallest absolute Gasteiger partial charge is 0.258 e. The van der Waals surface area contributed by atoms with Crippen LogP contribution in [0, 0.1) is 0 Å². The monoisotopic (exact) mass is 346 g/mol. The van der Waals surface area contributed by atoms with Crippen LogP contribution in [-0.2, 0) is 17.8 Å². The molecule has 3 aromatic rings. The number of nitrogens with one attached hydrogen (secondary N) is 1. The van der Waals surface area contributed by atoms with Crippen LogP contribution in [-0.4, -0.2) is 33.2 Å². The third-order valence-corrected chi connectivity index (χ3v) is 4.64. The Kier molecular flexibility index (Phi) is 4.08. The molecule has 2 heterocycles. The van der Waals surface area contributed by atoms with Crippen LogP contribution < -0.4 is 5.32 Å². The van der Waals surface area contributed by atoms with Crippen LogP contribution in [0.25, 0.3) is 10.8 Å². The lowest BCUT2D eigenvalue weighted by Gasteiger charge is -2.27. The molecule has 4 rings (SSSR count). The van der Waals surface area contributed by atoms with E-state index in [1.54, 1.807) is 24.1 Å². The molecule has 1 aliphatic heterocycles. The molecule has 26 heavy (non-hydrogen) atoms. The summed E-state index contributed by atoms with van der Waals surface area (Å²) in [6.07, 6.45) is 2.35. The first-order valence-corrected chi connectivity index (χ1v) is 8.51. The summed E-state index contributed by atoms with van der Waals surface area (Å²) < 4.78 is 0. The molecule has 0 bridgehead atoms. The summed E-state index contributed by atoms with van der Waals surface area (Å²) in [4.78, 5) is 34.7. The zero-order chi connectivity index (χ0) is 18.1. The minimum atomic E-state index is -0.233. The minimum Gasteiger partial charge on any atom is -0.338 e. The number of hydrogen-bond acceptors (Lipinski definition) is 4. The van der Waals surface area contributed by atoms with Gasteiger partial charge >= 0.3 is 0 Å². The number of benzene rings is 2. The molecule has 0 spiro atoms. The molecular weight excluding hydrogens is 328 g/mol. The number of nitrogens with zero attached hydrogens (tertiary/aromatic N) is 3. The van der Waals surface area contributed by atoms with Gasteiger partial charge in [0.1, 0.15) is 0 Å². The van der Waals surface area contributed by atoms with Gasteiger partial charge in [0.2, 0.25) is 11.9 Å². The Hall–Kier alpha value is -3.28. The SMILES string of the molecule is CC(=O)N1CCc2nc(NC(=O)c3cccc4ccccc34)ncc2C1. The molecule has 6 heteroatoms. The summed E-state index contributed by atoms with van der Waals surface area (Å²) in [7, 11) is 0. The first-order valence-electron chi connectivity index (χ1n) is 8.51. The van der Waals surface area contributed by atoms with Crippen molar-refractivity contribution >= 4 is 28.5 Å². The topological polar surface area (TPSA) is 75.2 Å². The van der Waals surface area contributed by atoms with Crippen molar-refractivity contribution in [3.63, 3.8) is 0 Å². The number of hydrogen-bond donors (Lipinski definition) is 1. The number of amides is 2. The van der Waals surface area contributed by atoms with Crippen molar-refractivity contribution in [2.75, 3.05) is 11.9 Å². The van der Waals surface area contributed by atoms with E-state index in [0.717, 1.165) is 22.0 Å². The van der Waals surface area contributed by atoms with Crippen LogP contribution in [0.3, 0.4) is 0 Å². The van der Waals surface area contributed by atoms with E-state index in [2.05, 4.69) is 15.3 Å². The van der Waals surface area contributed by atoms with Crippen LogP contribution in [0.15, 0.2) is 48.7 Å². The van der Waals surface area contributed by atoms with Crippen molar-refractivity contribution in [2.24, 2.45) is 0 Å². The fraction of sp³-hybridized carbons (Fsp3) is 0.200. The highest BCUT2D eigenvalue weighted by Gasteiger charge is 2.20. The van der Waals surface area contributed by atoms with Crippen molar-refractivity contribution in [1.82, 2.24) is 14.9 Å². The molecule has 1 aromatic heterocycles. The molecule has 130 valence electrons. The Labute approximate surface area is 150 Å². The van der Waals surface area contributed by atoms with Gasteiger partial charge in [-0.25, -0.2) is 9.97 Å². The van der Waals surface area contributed by atoms with Crippen molar-refractivity contribution in [3.05, 3.63) is 65.5 Å². The molecule has 0 atom stereocenters. The van der Waals surface area contributed by atoms with Gasteiger partial charge in [-0.1, -0.05) is 36.4 Å². The lowest BCUT2D eigenvalue weighted by Crippen LogP contribution is -2.35. The van der Waals surface area contributed by atoms with Gasteiger partial charge in [0, 0.05) is 43.8 Å². The van der Waals surface area contributed by atoms with E-state index in [0.29, 0.717) is 25.1 Å². The van der Waals surface area contributed by atoms with Crippen LogP contribution in [0.4, 0.5) is 5.95 Å². The van der Waals surface area contributed by atoms with Crippen molar-refractivity contribution < 1.29 is 9.59 Å². The minimum absolute atomic E-state index is 0.0454. The van der Waals surface area contributed by atoms with E-state index in [1.807, 2.05) is 36.4 Å².